The van der Waals surface area contributed by atoms with E-state index in [-0.39, 0.29) is 17.7 Å². The van der Waals surface area contributed by atoms with Crippen LogP contribution in [0.15, 0.2) is 60.8 Å². The molecule has 136 valence electrons. The fourth-order valence-electron chi connectivity index (χ4n) is 2.63. The maximum atomic E-state index is 12.4. The second-order valence-corrected chi connectivity index (χ2v) is 5.91. The van der Waals surface area contributed by atoms with Crippen LogP contribution in [0.2, 0.25) is 0 Å². The zero-order valence-electron chi connectivity index (χ0n) is 14.0. The fraction of sp³-hybridized carbons (Fsp3) is 0.105. The topological polar surface area (TPSA) is 122 Å². The van der Waals surface area contributed by atoms with Gasteiger partial charge in [0.15, 0.2) is 0 Å². The highest BCUT2D eigenvalue weighted by Crippen LogP contribution is 2.15. The number of pyridine rings is 1. The molecule has 3 aromatic rings. The second-order valence-electron chi connectivity index (χ2n) is 5.91. The Labute approximate surface area is 153 Å². The third-order valence-electron chi connectivity index (χ3n) is 4.04. The molecule has 3 rings (SSSR count). The Morgan fingerprint density at radius 1 is 1.15 bits per heavy atom. The minimum Gasteiger partial charge on any atom is -0.480 e. The largest absolute Gasteiger partial charge is 0.480 e. The van der Waals surface area contributed by atoms with Gasteiger partial charge in [0, 0.05) is 30.1 Å². The monoisotopic (exact) mass is 365 g/mol. The van der Waals surface area contributed by atoms with Gasteiger partial charge in [0.25, 0.3) is 11.6 Å². The standard InChI is InChI=1S/C19H15N3O5/c23-18(14-10-13-3-1-2-4-16(13)20-11-14)21-17(19(24)25)9-12-5-7-15(8-6-12)22(26)27/h1-8,10-11,17H,9H2,(H,21,23)(H,24,25)/t17-/m0/s1. The molecule has 8 heteroatoms. The van der Waals surface area contributed by atoms with Crippen LogP contribution in [0.4, 0.5) is 5.69 Å². The molecule has 1 heterocycles. The maximum absolute atomic E-state index is 12.4. The molecule has 0 saturated carbocycles. The number of amides is 1. The van der Waals surface area contributed by atoms with Crippen molar-refractivity contribution in [3.8, 4) is 0 Å². The minimum absolute atomic E-state index is 0.0000768. The molecule has 0 aliphatic heterocycles. The van der Waals surface area contributed by atoms with E-state index in [0.29, 0.717) is 5.56 Å². The van der Waals surface area contributed by atoms with Crippen LogP contribution in [-0.4, -0.2) is 32.9 Å². The van der Waals surface area contributed by atoms with Gasteiger partial charge in [-0.2, -0.15) is 0 Å². The third kappa shape index (κ3) is 4.24. The maximum Gasteiger partial charge on any atom is 0.326 e. The van der Waals surface area contributed by atoms with Crippen LogP contribution in [0.3, 0.4) is 0 Å². The SMILES string of the molecule is O=C(N[C@@H](Cc1ccc([N+](=O)[O-])cc1)C(=O)O)c1cnc2ccccc2c1. The van der Waals surface area contributed by atoms with Gasteiger partial charge in [-0.25, -0.2) is 4.79 Å². The molecule has 2 N–H and O–H groups in total. The first-order valence-corrected chi connectivity index (χ1v) is 8.06. The summed E-state index contributed by atoms with van der Waals surface area (Å²) in [6.07, 6.45) is 1.39. The number of nitrogens with one attached hydrogen (secondary N) is 1. The normalized spacial score (nSPS) is 11.7. The van der Waals surface area contributed by atoms with Gasteiger partial charge in [-0.1, -0.05) is 30.3 Å². The number of fused-ring (bicyclic) bond motifs is 1. The van der Waals surface area contributed by atoms with Crippen molar-refractivity contribution in [2.45, 2.75) is 12.5 Å². The van der Waals surface area contributed by atoms with Gasteiger partial charge < -0.3 is 10.4 Å². The summed E-state index contributed by atoms with van der Waals surface area (Å²) in [5.74, 6) is -1.75. The zero-order valence-corrected chi connectivity index (χ0v) is 14.0. The molecule has 0 aliphatic carbocycles. The van der Waals surface area contributed by atoms with Gasteiger partial charge in [0.05, 0.1) is 16.0 Å². The van der Waals surface area contributed by atoms with Crippen LogP contribution in [0.1, 0.15) is 15.9 Å². The number of nitro benzene ring substituents is 1. The van der Waals surface area contributed by atoms with Crippen molar-refractivity contribution < 1.29 is 19.6 Å². The number of aliphatic carboxylic acids is 1. The summed E-state index contributed by atoms with van der Waals surface area (Å²) in [6.45, 7) is 0. The molecule has 0 spiro atoms. The Hall–Kier alpha value is -3.81. The van der Waals surface area contributed by atoms with E-state index in [1.54, 1.807) is 6.07 Å². The number of non-ortho nitro benzene ring substituents is 1. The van der Waals surface area contributed by atoms with Crippen LogP contribution >= 0.6 is 0 Å². The number of nitro groups is 1. The van der Waals surface area contributed by atoms with E-state index in [4.69, 9.17) is 0 Å². The highest BCUT2D eigenvalue weighted by atomic mass is 16.6. The third-order valence-corrected chi connectivity index (χ3v) is 4.04. The molecular weight excluding hydrogens is 350 g/mol. The summed E-state index contributed by atoms with van der Waals surface area (Å²) in [7, 11) is 0. The number of hydrogen-bond donors (Lipinski definition) is 2. The molecular formula is C19H15N3O5. The van der Waals surface area contributed by atoms with Crippen molar-refractivity contribution in [3.05, 3.63) is 82.0 Å². The van der Waals surface area contributed by atoms with Crippen LogP contribution in [0.5, 0.6) is 0 Å². The lowest BCUT2D eigenvalue weighted by Gasteiger charge is -2.15. The molecule has 2 aromatic carbocycles. The summed E-state index contributed by atoms with van der Waals surface area (Å²) in [5.41, 5.74) is 1.46. The van der Waals surface area contributed by atoms with Gasteiger partial charge in [-0.15, -0.1) is 0 Å². The number of carbonyl (C=O) groups excluding carboxylic acids is 1. The lowest BCUT2D eigenvalue weighted by atomic mass is 10.0. The summed E-state index contributed by atoms with van der Waals surface area (Å²) in [6, 6.07) is 13.3. The molecule has 0 fully saturated rings. The van der Waals surface area contributed by atoms with Gasteiger partial charge in [0.1, 0.15) is 6.04 Å². The predicted octanol–water partition coefficient (Wildman–Crippen LogP) is 2.57. The highest BCUT2D eigenvalue weighted by Gasteiger charge is 2.22. The van der Waals surface area contributed by atoms with E-state index in [1.165, 1.54) is 30.5 Å². The van der Waals surface area contributed by atoms with E-state index in [9.17, 15) is 24.8 Å². The predicted molar refractivity (Wildman–Crippen MR) is 97.4 cm³/mol. The van der Waals surface area contributed by atoms with Crippen molar-refractivity contribution in [2.75, 3.05) is 0 Å². The van der Waals surface area contributed by atoms with Crippen molar-refractivity contribution in [2.24, 2.45) is 0 Å². The highest BCUT2D eigenvalue weighted by molar-refractivity contribution is 5.99. The molecule has 1 atom stereocenters. The number of benzene rings is 2. The zero-order chi connectivity index (χ0) is 19.4. The van der Waals surface area contributed by atoms with Crippen molar-refractivity contribution in [3.63, 3.8) is 0 Å². The Kier molecular flexibility index (Phi) is 5.07. The average molecular weight is 365 g/mol. The van der Waals surface area contributed by atoms with Crippen LogP contribution in [0, 0.1) is 10.1 Å². The lowest BCUT2D eigenvalue weighted by Crippen LogP contribution is -2.42. The average Bonchev–Trinajstić information content (AvgIpc) is 2.67. The van der Waals surface area contributed by atoms with E-state index in [0.717, 1.165) is 10.9 Å². The number of aromatic nitrogens is 1. The molecule has 1 aromatic heterocycles. The smallest absolute Gasteiger partial charge is 0.326 e. The number of rotatable bonds is 6. The fourth-order valence-corrected chi connectivity index (χ4v) is 2.63. The number of carboxylic acids is 1. The first-order valence-electron chi connectivity index (χ1n) is 8.06. The van der Waals surface area contributed by atoms with Gasteiger partial charge >= 0.3 is 5.97 Å². The Bertz CT molecular complexity index is 1020. The Morgan fingerprint density at radius 2 is 1.85 bits per heavy atom. The summed E-state index contributed by atoms with van der Waals surface area (Å²) in [5, 5.41) is 23.3. The number of nitrogens with zero attached hydrogens (tertiary/aromatic N) is 2. The Morgan fingerprint density at radius 3 is 2.52 bits per heavy atom. The molecule has 27 heavy (non-hydrogen) atoms. The van der Waals surface area contributed by atoms with Crippen LogP contribution < -0.4 is 5.32 Å². The summed E-state index contributed by atoms with van der Waals surface area (Å²) < 4.78 is 0. The van der Waals surface area contributed by atoms with Gasteiger partial charge in [-0.3, -0.25) is 19.9 Å². The molecule has 0 saturated heterocycles. The van der Waals surface area contributed by atoms with Crippen molar-refractivity contribution >= 4 is 28.5 Å². The number of para-hydroxylation sites is 1. The van der Waals surface area contributed by atoms with Crippen LogP contribution in [-0.2, 0) is 11.2 Å². The van der Waals surface area contributed by atoms with E-state index >= 15 is 0 Å². The van der Waals surface area contributed by atoms with E-state index < -0.39 is 22.8 Å². The molecule has 0 unspecified atom stereocenters. The summed E-state index contributed by atoms with van der Waals surface area (Å²) in [4.78, 5) is 38.3. The second kappa shape index (κ2) is 7.61. The number of carboxylic acid groups (broad SMARTS) is 1. The Balaban J connectivity index is 1.75. The first-order chi connectivity index (χ1) is 12.9. The molecule has 0 radical (unpaired) electrons. The lowest BCUT2D eigenvalue weighted by molar-refractivity contribution is -0.384. The minimum atomic E-state index is -1.20. The number of carbonyl (C=O) groups is 2. The van der Waals surface area contributed by atoms with Gasteiger partial charge in [0.2, 0.25) is 0 Å². The molecule has 8 nitrogen and oxygen atoms in total. The van der Waals surface area contributed by atoms with E-state index in [1.807, 2.05) is 24.3 Å². The number of hydrogen-bond acceptors (Lipinski definition) is 5. The van der Waals surface area contributed by atoms with Crippen molar-refractivity contribution in [1.82, 2.24) is 10.3 Å². The molecule has 0 bridgehead atoms. The van der Waals surface area contributed by atoms with Crippen LogP contribution in [0.25, 0.3) is 10.9 Å². The molecule has 0 aliphatic rings. The molecule has 1 amide bonds. The van der Waals surface area contributed by atoms with E-state index in [2.05, 4.69) is 10.3 Å². The van der Waals surface area contributed by atoms with Crippen molar-refractivity contribution in [1.29, 1.82) is 0 Å². The first kappa shape index (κ1) is 18.0. The van der Waals surface area contributed by atoms with Gasteiger partial charge in [-0.05, 0) is 17.7 Å². The quantitative estimate of drug-likeness (QED) is 0.511. The summed E-state index contributed by atoms with van der Waals surface area (Å²) >= 11 is 0.